The highest BCUT2D eigenvalue weighted by atomic mass is 16.5. The van der Waals surface area contributed by atoms with Crippen molar-refractivity contribution in [1.29, 1.82) is 0 Å². The number of benzene rings is 1. The van der Waals surface area contributed by atoms with Gasteiger partial charge < -0.3 is 14.8 Å². The van der Waals surface area contributed by atoms with Gasteiger partial charge in [0.05, 0.1) is 19.9 Å². The molecule has 1 aromatic heterocycles. The topological polar surface area (TPSA) is 65.4 Å². The van der Waals surface area contributed by atoms with E-state index in [0.29, 0.717) is 23.7 Å². The lowest BCUT2D eigenvalue weighted by molar-refractivity contribution is 0.0941. The molecule has 6 heteroatoms. The molecule has 0 saturated heterocycles. The second-order valence-corrected chi connectivity index (χ2v) is 5.57. The minimum Gasteiger partial charge on any atom is -0.493 e. The number of para-hydroxylation sites is 1. The van der Waals surface area contributed by atoms with Crippen LogP contribution in [0.25, 0.3) is 0 Å². The Labute approximate surface area is 136 Å². The van der Waals surface area contributed by atoms with Gasteiger partial charge in [-0.25, -0.2) is 0 Å². The summed E-state index contributed by atoms with van der Waals surface area (Å²) in [6.45, 7) is 4.44. The van der Waals surface area contributed by atoms with E-state index >= 15 is 0 Å². The van der Waals surface area contributed by atoms with Crippen LogP contribution >= 0.6 is 0 Å². The average Bonchev–Trinajstić information content (AvgIpc) is 2.94. The molecule has 0 atom stereocenters. The number of carbonyl (C=O) groups is 1. The van der Waals surface area contributed by atoms with Crippen molar-refractivity contribution in [2.24, 2.45) is 7.05 Å². The fourth-order valence-corrected chi connectivity index (χ4v) is 2.34. The lowest BCUT2D eigenvalue weighted by Gasteiger charge is -2.13. The van der Waals surface area contributed by atoms with Crippen LogP contribution in [0.1, 0.15) is 41.5 Å². The van der Waals surface area contributed by atoms with Crippen molar-refractivity contribution in [1.82, 2.24) is 15.1 Å². The first-order chi connectivity index (χ1) is 11.0. The van der Waals surface area contributed by atoms with E-state index in [0.717, 1.165) is 11.3 Å². The Morgan fingerprint density at radius 1 is 1.30 bits per heavy atom. The van der Waals surface area contributed by atoms with Gasteiger partial charge in [-0.3, -0.25) is 9.48 Å². The van der Waals surface area contributed by atoms with Crippen LogP contribution in [0.2, 0.25) is 0 Å². The Bertz CT molecular complexity index is 692. The van der Waals surface area contributed by atoms with E-state index in [1.165, 1.54) is 0 Å². The maximum absolute atomic E-state index is 12.4. The summed E-state index contributed by atoms with van der Waals surface area (Å²) in [5.74, 6) is 1.38. The smallest absolute Gasteiger partial charge is 0.269 e. The van der Waals surface area contributed by atoms with Crippen molar-refractivity contribution in [3.05, 3.63) is 41.2 Å². The molecule has 124 valence electrons. The van der Waals surface area contributed by atoms with Crippen molar-refractivity contribution in [2.45, 2.75) is 26.3 Å². The number of ether oxygens (including phenoxy) is 2. The number of nitrogens with zero attached hydrogens (tertiary/aromatic N) is 2. The van der Waals surface area contributed by atoms with E-state index in [2.05, 4.69) is 10.4 Å². The molecule has 1 aromatic carbocycles. The van der Waals surface area contributed by atoms with E-state index in [4.69, 9.17) is 9.47 Å². The van der Waals surface area contributed by atoms with Crippen molar-refractivity contribution in [3.63, 3.8) is 0 Å². The largest absolute Gasteiger partial charge is 0.493 e. The molecular weight excluding hydrogens is 294 g/mol. The first-order valence-corrected chi connectivity index (χ1v) is 7.50. The molecule has 1 heterocycles. The second kappa shape index (κ2) is 7.17. The van der Waals surface area contributed by atoms with Crippen molar-refractivity contribution >= 4 is 5.91 Å². The van der Waals surface area contributed by atoms with Gasteiger partial charge in [0.15, 0.2) is 11.5 Å². The monoisotopic (exact) mass is 317 g/mol. The predicted octanol–water partition coefficient (Wildman–Crippen LogP) is 2.49. The Balaban J connectivity index is 2.14. The lowest BCUT2D eigenvalue weighted by atomic mass is 10.1. The summed E-state index contributed by atoms with van der Waals surface area (Å²) in [5.41, 5.74) is 2.29. The fourth-order valence-electron chi connectivity index (χ4n) is 2.34. The number of hydrogen-bond donors (Lipinski definition) is 1. The SMILES string of the molecule is COc1cccc(CNC(=O)c2cc(C(C)C)nn2C)c1OC. The molecule has 0 aliphatic heterocycles. The molecule has 23 heavy (non-hydrogen) atoms. The number of aromatic nitrogens is 2. The third kappa shape index (κ3) is 3.64. The average molecular weight is 317 g/mol. The zero-order valence-corrected chi connectivity index (χ0v) is 14.2. The molecule has 0 aliphatic carbocycles. The Morgan fingerprint density at radius 3 is 2.61 bits per heavy atom. The standard InChI is InChI=1S/C17H23N3O3/c1-11(2)13-9-14(20(3)19-13)17(21)18-10-12-7-6-8-15(22-4)16(12)23-5/h6-9,11H,10H2,1-5H3,(H,18,21). The third-order valence-corrected chi connectivity index (χ3v) is 3.65. The van der Waals surface area contributed by atoms with E-state index < -0.39 is 0 Å². The zero-order valence-electron chi connectivity index (χ0n) is 14.2. The highest BCUT2D eigenvalue weighted by Crippen LogP contribution is 2.30. The van der Waals surface area contributed by atoms with Crippen LogP contribution in [-0.4, -0.2) is 29.9 Å². The first kappa shape index (κ1) is 16.9. The number of nitrogens with one attached hydrogen (secondary N) is 1. The predicted molar refractivity (Wildman–Crippen MR) is 88.0 cm³/mol. The second-order valence-electron chi connectivity index (χ2n) is 5.57. The van der Waals surface area contributed by atoms with Gasteiger partial charge in [-0.05, 0) is 18.1 Å². The lowest BCUT2D eigenvalue weighted by Crippen LogP contribution is -2.25. The van der Waals surface area contributed by atoms with Crippen LogP contribution in [-0.2, 0) is 13.6 Å². The van der Waals surface area contributed by atoms with Crippen LogP contribution in [0.3, 0.4) is 0 Å². The quantitative estimate of drug-likeness (QED) is 0.889. The molecule has 0 unspecified atom stereocenters. The number of amides is 1. The van der Waals surface area contributed by atoms with Gasteiger partial charge in [-0.1, -0.05) is 26.0 Å². The molecule has 0 spiro atoms. The molecule has 2 rings (SSSR count). The maximum Gasteiger partial charge on any atom is 0.269 e. The Morgan fingerprint density at radius 2 is 2.04 bits per heavy atom. The van der Waals surface area contributed by atoms with Gasteiger partial charge in [0, 0.05) is 19.2 Å². The zero-order chi connectivity index (χ0) is 17.0. The van der Waals surface area contributed by atoms with Gasteiger partial charge in [0.2, 0.25) is 0 Å². The molecule has 6 nitrogen and oxygen atoms in total. The Hall–Kier alpha value is -2.50. The van der Waals surface area contributed by atoms with Gasteiger partial charge >= 0.3 is 0 Å². The summed E-state index contributed by atoms with van der Waals surface area (Å²) in [6, 6.07) is 7.40. The van der Waals surface area contributed by atoms with Crippen molar-refractivity contribution in [3.8, 4) is 11.5 Å². The van der Waals surface area contributed by atoms with Crippen LogP contribution < -0.4 is 14.8 Å². The minimum absolute atomic E-state index is 0.170. The molecule has 0 fully saturated rings. The number of aryl methyl sites for hydroxylation is 1. The summed E-state index contributed by atoms with van der Waals surface area (Å²) >= 11 is 0. The molecule has 0 aliphatic rings. The molecule has 0 radical (unpaired) electrons. The third-order valence-electron chi connectivity index (χ3n) is 3.65. The molecule has 1 amide bonds. The number of carbonyl (C=O) groups excluding carboxylic acids is 1. The molecular formula is C17H23N3O3. The molecule has 1 N–H and O–H groups in total. The maximum atomic E-state index is 12.4. The van der Waals surface area contributed by atoms with E-state index in [-0.39, 0.29) is 11.8 Å². The summed E-state index contributed by atoms with van der Waals surface area (Å²) in [4.78, 5) is 12.4. The number of methoxy groups -OCH3 is 2. The highest BCUT2D eigenvalue weighted by Gasteiger charge is 2.16. The van der Waals surface area contributed by atoms with Crippen molar-refractivity contribution in [2.75, 3.05) is 14.2 Å². The van der Waals surface area contributed by atoms with Crippen LogP contribution in [0.15, 0.2) is 24.3 Å². The normalized spacial score (nSPS) is 10.7. The fraction of sp³-hybridized carbons (Fsp3) is 0.412. The highest BCUT2D eigenvalue weighted by molar-refractivity contribution is 5.92. The first-order valence-electron chi connectivity index (χ1n) is 7.50. The number of hydrogen-bond acceptors (Lipinski definition) is 4. The van der Waals surface area contributed by atoms with Gasteiger partial charge in [-0.2, -0.15) is 5.10 Å². The summed E-state index contributed by atoms with van der Waals surface area (Å²) in [5, 5.41) is 7.26. The summed E-state index contributed by atoms with van der Waals surface area (Å²) < 4.78 is 12.2. The van der Waals surface area contributed by atoms with Crippen LogP contribution in [0.5, 0.6) is 11.5 Å². The molecule has 0 saturated carbocycles. The molecule has 2 aromatic rings. The van der Waals surface area contributed by atoms with Crippen LogP contribution in [0.4, 0.5) is 0 Å². The van der Waals surface area contributed by atoms with E-state index in [1.54, 1.807) is 25.9 Å². The van der Waals surface area contributed by atoms with Crippen molar-refractivity contribution < 1.29 is 14.3 Å². The minimum atomic E-state index is -0.170. The van der Waals surface area contributed by atoms with Gasteiger partial charge in [-0.15, -0.1) is 0 Å². The van der Waals surface area contributed by atoms with E-state index in [9.17, 15) is 4.79 Å². The van der Waals surface area contributed by atoms with Gasteiger partial charge in [0.25, 0.3) is 5.91 Å². The summed E-state index contributed by atoms with van der Waals surface area (Å²) in [7, 11) is 4.94. The molecule has 0 bridgehead atoms. The van der Waals surface area contributed by atoms with E-state index in [1.807, 2.05) is 38.1 Å². The van der Waals surface area contributed by atoms with Crippen LogP contribution in [0, 0.1) is 0 Å². The van der Waals surface area contributed by atoms with Gasteiger partial charge in [0.1, 0.15) is 5.69 Å². The number of rotatable bonds is 6. The summed E-state index contributed by atoms with van der Waals surface area (Å²) in [6.07, 6.45) is 0. The Kier molecular flexibility index (Phi) is 5.26.